The lowest BCUT2D eigenvalue weighted by atomic mass is 10.1. The Bertz CT molecular complexity index is 884. The van der Waals surface area contributed by atoms with E-state index in [9.17, 15) is 4.79 Å². The highest BCUT2D eigenvalue weighted by Crippen LogP contribution is 2.27. The Morgan fingerprint density at radius 1 is 1.33 bits per heavy atom. The fourth-order valence-electron chi connectivity index (χ4n) is 3.12. The smallest absolute Gasteiger partial charge is 0.258 e. The van der Waals surface area contributed by atoms with Crippen molar-refractivity contribution in [2.45, 2.75) is 46.7 Å². The number of hydrogen-bond acceptors (Lipinski definition) is 4. The Morgan fingerprint density at radius 3 is 2.79 bits per heavy atom. The Kier molecular flexibility index (Phi) is 4.60. The summed E-state index contributed by atoms with van der Waals surface area (Å²) < 4.78 is 2.39. The van der Waals surface area contributed by atoms with Crippen LogP contribution in [0.5, 0.6) is 0 Å². The van der Waals surface area contributed by atoms with Gasteiger partial charge in [0.1, 0.15) is 5.82 Å². The minimum atomic E-state index is -0.0999. The van der Waals surface area contributed by atoms with Crippen molar-refractivity contribution in [1.29, 1.82) is 0 Å². The number of rotatable bonds is 3. The second kappa shape index (κ2) is 6.53. The highest BCUT2D eigenvalue weighted by molar-refractivity contribution is 7.71. The summed E-state index contributed by atoms with van der Waals surface area (Å²) in [5, 5.41) is 3.43. The molecule has 0 fully saturated rings. The van der Waals surface area contributed by atoms with Gasteiger partial charge in [-0.2, -0.15) is 0 Å². The topological polar surface area (TPSA) is 53.1 Å². The minimum Gasteiger partial charge on any atom is -0.358 e. The molecule has 1 aliphatic heterocycles. The van der Waals surface area contributed by atoms with Gasteiger partial charge in [0.2, 0.25) is 0 Å². The molecule has 0 saturated heterocycles. The number of aromatic nitrogens is 2. The van der Waals surface area contributed by atoms with E-state index in [4.69, 9.17) is 12.2 Å². The zero-order valence-corrected chi connectivity index (χ0v) is 15.5. The molecule has 1 aliphatic rings. The Balaban J connectivity index is 2.19. The third-order valence-corrected chi connectivity index (χ3v) is 5.33. The molecular weight excluding hydrogens is 320 g/mol. The zero-order chi connectivity index (χ0) is 17.4. The molecule has 0 amide bonds. The number of nitrogens with one attached hydrogen (secondary N) is 2. The zero-order valence-electron chi connectivity index (χ0n) is 14.6. The summed E-state index contributed by atoms with van der Waals surface area (Å²) >= 11 is 5.47. The lowest BCUT2D eigenvalue weighted by Crippen LogP contribution is -2.43. The molecule has 0 saturated carbocycles. The molecule has 0 bridgehead atoms. The molecule has 5 nitrogen and oxygen atoms in total. The van der Waals surface area contributed by atoms with Gasteiger partial charge in [0, 0.05) is 12.6 Å². The van der Waals surface area contributed by atoms with Gasteiger partial charge in [-0.15, -0.1) is 0 Å². The Labute approximate surface area is 147 Å². The van der Waals surface area contributed by atoms with Crippen molar-refractivity contribution in [3.63, 3.8) is 0 Å². The monoisotopic (exact) mass is 344 g/mol. The molecule has 1 atom stereocenters. The summed E-state index contributed by atoms with van der Waals surface area (Å²) in [6, 6.07) is 6.56. The van der Waals surface area contributed by atoms with Crippen LogP contribution in [-0.4, -0.2) is 27.2 Å². The second-order valence-electron chi connectivity index (χ2n) is 6.48. The predicted molar refractivity (Wildman–Crippen MR) is 100 cm³/mol. The van der Waals surface area contributed by atoms with Gasteiger partial charge in [0.05, 0.1) is 17.9 Å². The first-order valence-electron chi connectivity index (χ1n) is 8.36. The summed E-state index contributed by atoms with van der Waals surface area (Å²) in [4.78, 5) is 17.6. The van der Waals surface area contributed by atoms with Gasteiger partial charge in [-0.1, -0.05) is 19.1 Å². The van der Waals surface area contributed by atoms with Crippen molar-refractivity contribution >= 4 is 18.0 Å². The van der Waals surface area contributed by atoms with Crippen molar-refractivity contribution in [1.82, 2.24) is 14.5 Å². The van der Waals surface area contributed by atoms with Crippen LogP contribution in [0.25, 0.3) is 5.69 Å². The molecule has 2 heterocycles. The molecule has 1 aromatic heterocycles. The first kappa shape index (κ1) is 16.9. The van der Waals surface area contributed by atoms with Crippen LogP contribution >= 0.6 is 12.2 Å². The SMILES string of the molecule is CC[C@@H](C)N1CNc2c(c(=O)[nH]c(=S)n2-c2cccc(C)c2C)C1. The molecule has 1 aromatic carbocycles. The summed E-state index contributed by atoms with van der Waals surface area (Å²) in [5.41, 5.74) is 4.02. The number of benzene rings is 1. The standard InChI is InChI=1S/C18H24N4OS/c1-5-12(3)21-9-14-16(19-10-21)22(18(24)20-17(14)23)15-8-6-7-11(2)13(15)4/h6-8,12,19H,5,9-10H2,1-4H3,(H,20,23,24)/t12-/m1/s1. The molecule has 3 rings (SSSR count). The quantitative estimate of drug-likeness (QED) is 0.837. The van der Waals surface area contributed by atoms with Gasteiger partial charge in [0.15, 0.2) is 4.77 Å². The van der Waals surface area contributed by atoms with E-state index in [1.165, 1.54) is 5.56 Å². The predicted octanol–water partition coefficient (Wildman–Crippen LogP) is 3.50. The number of nitrogens with zero attached hydrogens (tertiary/aromatic N) is 2. The average Bonchev–Trinajstić information content (AvgIpc) is 2.57. The molecular formula is C18H24N4OS. The first-order chi connectivity index (χ1) is 11.4. The van der Waals surface area contributed by atoms with E-state index in [1.54, 1.807) is 0 Å². The molecule has 0 radical (unpaired) electrons. The highest BCUT2D eigenvalue weighted by atomic mass is 32.1. The third-order valence-electron chi connectivity index (χ3n) is 5.05. The largest absolute Gasteiger partial charge is 0.358 e. The maximum absolute atomic E-state index is 12.5. The molecule has 0 spiro atoms. The Hall–Kier alpha value is -1.92. The molecule has 0 unspecified atom stereocenters. The number of aryl methyl sites for hydroxylation is 1. The maximum Gasteiger partial charge on any atom is 0.258 e. The van der Waals surface area contributed by atoms with E-state index >= 15 is 0 Å². The normalized spacial score (nSPS) is 15.7. The summed E-state index contributed by atoms with van der Waals surface area (Å²) in [6.07, 6.45) is 1.05. The van der Waals surface area contributed by atoms with E-state index in [1.807, 2.05) is 16.7 Å². The second-order valence-corrected chi connectivity index (χ2v) is 6.87. The average molecular weight is 344 g/mol. The van der Waals surface area contributed by atoms with E-state index in [0.717, 1.165) is 29.1 Å². The lowest BCUT2D eigenvalue weighted by molar-refractivity contribution is 0.200. The highest BCUT2D eigenvalue weighted by Gasteiger charge is 2.25. The van der Waals surface area contributed by atoms with Gasteiger partial charge in [-0.3, -0.25) is 19.2 Å². The minimum absolute atomic E-state index is 0.0999. The molecule has 0 aliphatic carbocycles. The number of fused-ring (bicyclic) bond motifs is 1. The van der Waals surface area contributed by atoms with Gasteiger partial charge in [-0.25, -0.2) is 0 Å². The van der Waals surface area contributed by atoms with Crippen molar-refractivity contribution in [3.05, 3.63) is 50.0 Å². The van der Waals surface area contributed by atoms with Crippen LogP contribution in [-0.2, 0) is 6.54 Å². The summed E-state index contributed by atoms with van der Waals surface area (Å²) in [7, 11) is 0. The number of H-pyrrole nitrogens is 1. The number of aromatic amines is 1. The van der Waals surface area contributed by atoms with Gasteiger partial charge >= 0.3 is 0 Å². The van der Waals surface area contributed by atoms with E-state index in [0.29, 0.717) is 24.0 Å². The van der Waals surface area contributed by atoms with Crippen LogP contribution in [0.2, 0.25) is 0 Å². The lowest BCUT2D eigenvalue weighted by Gasteiger charge is -2.34. The van der Waals surface area contributed by atoms with Crippen LogP contribution in [0.3, 0.4) is 0 Å². The van der Waals surface area contributed by atoms with Gasteiger partial charge in [-0.05, 0) is 56.6 Å². The summed E-state index contributed by atoms with van der Waals surface area (Å²) in [6.45, 7) is 9.85. The van der Waals surface area contributed by atoms with Crippen LogP contribution < -0.4 is 10.9 Å². The van der Waals surface area contributed by atoms with Gasteiger partial charge < -0.3 is 5.32 Å². The Morgan fingerprint density at radius 2 is 2.08 bits per heavy atom. The first-order valence-corrected chi connectivity index (χ1v) is 8.77. The fraction of sp³-hybridized carbons (Fsp3) is 0.444. The van der Waals surface area contributed by atoms with Crippen LogP contribution in [0.1, 0.15) is 37.0 Å². The fourth-order valence-corrected chi connectivity index (χ4v) is 3.40. The van der Waals surface area contributed by atoms with Crippen molar-refractivity contribution in [2.24, 2.45) is 0 Å². The molecule has 2 aromatic rings. The van der Waals surface area contributed by atoms with Crippen molar-refractivity contribution in [2.75, 3.05) is 12.0 Å². The van der Waals surface area contributed by atoms with Crippen molar-refractivity contribution in [3.8, 4) is 5.69 Å². The molecule has 128 valence electrons. The number of anilines is 1. The molecule has 6 heteroatoms. The van der Waals surface area contributed by atoms with Crippen molar-refractivity contribution < 1.29 is 0 Å². The van der Waals surface area contributed by atoms with E-state index in [2.05, 4.69) is 49.0 Å². The van der Waals surface area contributed by atoms with Crippen LogP contribution in [0.4, 0.5) is 5.82 Å². The van der Waals surface area contributed by atoms with Gasteiger partial charge in [0.25, 0.3) is 5.56 Å². The van der Waals surface area contributed by atoms with Crippen LogP contribution in [0.15, 0.2) is 23.0 Å². The van der Waals surface area contributed by atoms with E-state index in [-0.39, 0.29) is 5.56 Å². The molecule has 2 N–H and O–H groups in total. The maximum atomic E-state index is 12.5. The van der Waals surface area contributed by atoms with Crippen LogP contribution in [0, 0.1) is 18.6 Å². The summed E-state index contributed by atoms with van der Waals surface area (Å²) in [5.74, 6) is 0.817. The third kappa shape index (κ3) is 2.80. The van der Waals surface area contributed by atoms with E-state index < -0.39 is 0 Å². The molecule has 24 heavy (non-hydrogen) atoms. The number of hydrogen-bond donors (Lipinski definition) is 2.